The zero-order chi connectivity index (χ0) is 15.7. The van der Waals surface area contributed by atoms with Crippen molar-refractivity contribution < 1.29 is 0 Å². The number of guanidine groups is 1. The Hall–Kier alpha value is -1.10. The maximum Gasteiger partial charge on any atom is 0.191 e. The average Bonchev–Trinajstić information content (AvgIpc) is 2.88. The van der Waals surface area contributed by atoms with Crippen LogP contribution >= 0.6 is 11.3 Å². The SMILES string of the molecule is CCCCN=C(NCC)NCCc1nc(C(C)(C)C)cs1. The molecule has 21 heavy (non-hydrogen) atoms. The van der Waals surface area contributed by atoms with Crippen molar-refractivity contribution in [2.75, 3.05) is 19.6 Å². The highest BCUT2D eigenvalue weighted by Crippen LogP contribution is 2.23. The van der Waals surface area contributed by atoms with Crippen molar-refractivity contribution in [2.24, 2.45) is 4.99 Å². The molecule has 5 heteroatoms. The molecule has 0 amide bonds. The summed E-state index contributed by atoms with van der Waals surface area (Å²) in [5.41, 5.74) is 1.32. The van der Waals surface area contributed by atoms with Gasteiger partial charge in [-0.25, -0.2) is 4.98 Å². The Labute approximate surface area is 133 Å². The van der Waals surface area contributed by atoms with Gasteiger partial charge in [-0.2, -0.15) is 0 Å². The zero-order valence-electron chi connectivity index (χ0n) is 14.1. The van der Waals surface area contributed by atoms with E-state index in [0.717, 1.165) is 38.4 Å². The van der Waals surface area contributed by atoms with Crippen LogP contribution < -0.4 is 10.6 Å². The number of nitrogens with zero attached hydrogens (tertiary/aromatic N) is 2. The highest BCUT2D eigenvalue weighted by atomic mass is 32.1. The molecule has 0 saturated carbocycles. The van der Waals surface area contributed by atoms with Crippen molar-refractivity contribution in [3.63, 3.8) is 0 Å². The molecule has 0 aliphatic rings. The van der Waals surface area contributed by atoms with Crippen molar-refractivity contribution in [1.29, 1.82) is 0 Å². The minimum absolute atomic E-state index is 0.138. The monoisotopic (exact) mass is 310 g/mol. The summed E-state index contributed by atoms with van der Waals surface area (Å²) >= 11 is 1.75. The van der Waals surface area contributed by atoms with Crippen molar-refractivity contribution in [1.82, 2.24) is 15.6 Å². The number of rotatable bonds is 7. The number of hydrogen-bond acceptors (Lipinski definition) is 3. The van der Waals surface area contributed by atoms with Gasteiger partial charge < -0.3 is 10.6 Å². The van der Waals surface area contributed by atoms with Crippen LogP contribution in [0.5, 0.6) is 0 Å². The van der Waals surface area contributed by atoms with E-state index in [2.05, 4.69) is 55.6 Å². The second kappa shape index (κ2) is 9.03. The van der Waals surface area contributed by atoms with Crippen molar-refractivity contribution in [3.8, 4) is 0 Å². The summed E-state index contributed by atoms with van der Waals surface area (Å²) in [7, 11) is 0. The Balaban J connectivity index is 2.43. The quantitative estimate of drug-likeness (QED) is 0.461. The van der Waals surface area contributed by atoms with E-state index in [1.807, 2.05) is 0 Å². The molecule has 4 nitrogen and oxygen atoms in total. The number of thiazole rings is 1. The Morgan fingerprint density at radius 3 is 2.62 bits per heavy atom. The van der Waals surface area contributed by atoms with Crippen LogP contribution in [0, 0.1) is 0 Å². The molecule has 1 aromatic rings. The molecular formula is C16H30N4S. The average molecular weight is 311 g/mol. The minimum Gasteiger partial charge on any atom is -0.357 e. The molecule has 0 bridgehead atoms. The first-order valence-electron chi connectivity index (χ1n) is 7.94. The van der Waals surface area contributed by atoms with Crippen molar-refractivity contribution >= 4 is 17.3 Å². The lowest BCUT2D eigenvalue weighted by molar-refractivity contribution is 0.570. The highest BCUT2D eigenvalue weighted by molar-refractivity contribution is 7.09. The van der Waals surface area contributed by atoms with Gasteiger partial charge >= 0.3 is 0 Å². The smallest absolute Gasteiger partial charge is 0.191 e. The number of nitrogens with one attached hydrogen (secondary N) is 2. The lowest BCUT2D eigenvalue weighted by Gasteiger charge is -2.14. The Bertz CT molecular complexity index is 432. The predicted octanol–water partition coefficient (Wildman–Crippen LogP) is 3.34. The van der Waals surface area contributed by atoms with E-state index in [-0.39, 0.29) is 5.41 Å². The second-order valence-corrected chi connectivity index (χ2v) is 7.11. The summed E-state index contributed by atoms with van der Waals surface area (Å²) in [6.45, 7) is 13.5. The maximum absolute atomic E-state index is 4.72. The van der Waals surface area contributed by atoms with Crippen LogP contribution in [0.1, 0.15) is 58.2 Å². The molecule has 2 N–H and O–H groups in total. The van der Waals surface area contributed by atoms with Crippen LogP contribution in [0.25, 0.3) is 0 Å². The van der Waals surface area contributed by atoms with E-state index >= 15 is 0 Å². The van der Waals surface area contributed by atoms with Crippen LogP contribution in [0.15, 0.2) is 10.4 Å². The van der Waals surface area contributed by atoms with Crippen LogP contribution in [0.2, 0.25) is 0 Å². The third-order valence-corrected chi connectivity index (χ3v) is 3.99. The molecule has 0 saturated heterocycles. The van der Waals surface area contributed by atoms with E-state index in [1.165, 1.54) is 17.1 Å². The fourth-order valence-electron chi connectivity index (χ4n) is 1.75. The molecular weight excluding hydrogens is 280 g/mol. The minimum atomic E-state index is 0.138. The van der Waals surface area contributed by atoms with Gasteiger partial charge in [-0.3, -0.25) is 4.99 Å². The number of aromatic nitrogens is 1. The number of aliphatic imine (C=N–C) groups is 1. The fourth-order valence-corrected chi connectivity index (χ4v) is 2.77. The van der Waals surface area contributed by atoms with Gasteiger partial charge in [-0.05, 0) is 13.3 Å². The van der Waals surface area contributed by atoms with E-state index in [1.54, 1.807) is 11.3 Å². The first kappa shape index (κ1) is 18.0. The van der Waals surface area contributed by atoms with E-state index < -0.39 is 0 Å². The standard InChI is InChI=1S/C16H30N4S/c1-6-8-10-18-15(17-7-2)19-11-9-14-20-13(12-21-14)16(3,4)5/h12H,6-11H2,1-5H3,(H2,17,18,19). The lowest BCUT2D eigenvalue weighted by Crippen LogP contribution is -2.38. The molecule has 1 heterocycles. The summed E-state index contributed by atoms with van der Waals surface area (Å²) in [5.74, 6) is 0.915. The molecule has 0 spiro atoms. The Kier molecular flexibility index (Phi) is 7.72. The third-order valence-electron chi connectivity index (χ3n) is 3.08. The van der Waals surface area contributed by atoms with Gasteiger partial charge in [0.25, 0.3) is 0 Å². The van der Waals surface area contributed by atoms with E-state index in [0.29, 0.717) is 0 Å². The molecule has 0 atom stereocenters. The van der Waals surface area contributed by atoms with Crippen molar-refractivity contribution in [3.05, 3.63) is 16.1 Å². The molecule has 0 aliphatic heterocycles. The first-order chi connectivity index (χ1) is 9.97. The summed E-state index contributed by atoms with van der Waals surface area (Å²) in [4.78, 5) is 9.27. The summed E-state index contributed by atoms with van der Waals surface area (Å²) in [6.07, 6.45) is 3.26. The van der Waals surface area contributed by atoms with Crippen LogP contribution in [-0.2, 0) is 11.8 Å². The third kappa shape index (κ3) is 6.93. The van der Waals surface area contributed by atoms with E-state index in [9.17, 15) is 0 Å². The molecule has 1 aromatic heterocycles. The van der Waals surface area contributed by atoms with E-state index in [4.69, 9.17) is 4.98 Å². The van der Waals surface area contributed by atoms with Gasteiger partial charge in [0.2, 0.25) is 0 Å². The molecule has 0 radical (unpaired) electrons. The van der Waals surface area contributed by atoms with Gasteiger partial charge in [-0.1, -0.05) is 34.1 Å². The summed E-state index contributed by atoms with van der Waals surface area (Å²) in [6, 6.07) is 0. The molecule has 120 valence electrons. The lowest BCUT2D eigenvalue weighted by atomic mass is 9.93. The number of unbranched alkanes of at least 4 members (excludes halogenated alkanes) is 1. The van der Waals surface area contributed by atoms with Crippen molar-refractivity contribution in [2.45, 2.75) is 59.3 Å². The molecule has 0 aliphatic carbocycles. The first-order valence-corrected chi connectivity index (χ1v) is 8.82. The molecule has 0 unspecified atom stereocenters. The maximum atomic E-state index is 4.72. The van der Waals surface area contributed by atoms with Gasteiger partial charge in [0.15, 0.2) is 5.96 Å². The Morgan fingerprint density at radius 1 is 1.29 bits per heavy atom. The summed E-state index contributed by atoms with van der Waals surface area (Å²) < 4.78 is 0. The topological polar surface area (TPSA) is 49.3 Å². The largest absolute Gasteiger partial charge is 0.357 e. The van der Waals surface area contributed by atoms with Gasteiger partial charge in [0.1, 0.15) is 0 Å². The van der Waals surface area contributed by atoms with Crippen LogP contribution in [-0.4, -0.2) is 30.6 Å². The number of hydrogen-bond donors (Lipinski definition) is 2. The molecule has 1 rings (SSSR count). The Morgan fingerprint density at radius 2 is 2.05 bits per heavy atom. The van der Waals surface area contributed by atoms with Crippen LogP contribution in [0.3, 0.4) is 0 Å². The highest BCUT2D eigenvalue weighted by Gasteiger charge is 2.17. The zero-order valence-corrected chi connectivity index (χ0v) is 14.9. The fraction of sp³-hybridized carbons (Fsp3) is 0.750. The summed E-state index contributed by atoms with van der Waals surface area (Å²) in [5, 5.41) is 10.0. The second-order valence-electron chi connectivity index (χ2n) is 6.17. The normalized spacial score (nSPS) is 12.5. The molecule has 0 fully saturated rings. The van der Waals surface area contributed by atoms with Crippen LogP contribution in [0.4, 0.5) is 0 Å². The predicted molar refractivity (Wildman–Crippen MR) is 93.4 cm³/mol. The van der Waals surface area contributed by atoms with Gasteiger partial charge in [0.05, 0.1) is 10.7 Å². The van der Waals surface area contributed by atoms with Gasteiger partial charge in [0, 0.05) is 36.9 Å². The van der Waals surface area contributed by atoms with Gasteiger partial charge in [-0.15, -0.1) is 11.3 Å². The molecule has 0 aromatic carbocycles.